The summed E-state index contributed by atoms with van der Waals surface area (Å²) in [6, 6.07) is 7.64. The standard InChI is InChI=1S/C25H30Cl2O4/c1-23(2)13-25(17-9-19(28)21(11-15(17)23)30-7-5-26)14-24(3,4)16-12-22(31-8-6-27)20(29)10-18(16)25/h9-12,28-29H,5-8,13-14H2,1-4H3. The summed E-state index contributed by atoms with van der Waals surface area (Å²) in [4.78, 5) is 0. The van der Waals surface area contributed by atoms with Crippen molar-refractivity contribution < 1.29 is 19.7 Å². The predicted octanol–water partition coefficient (Wildman–Crippen LogP) is 5.98. The molecule has 0 radical (unpaired) electrons. The number of hydrogen-bond donors (Lipinski definition) is 2. The van der Waals surface area contributed by atoms with Crippen molar-refractivity contribution in [3.63, 3.8) is 0 Å². The van der Waals surface area contributed by atoms with Crippen molar-refractivity contribution in [2.45, 2.75) is 56.8 Å². The van der Waals surface area contributed by atoms with Crippen LogP contribution in [0.25, 0.3) is 0 Å². The maximum Gasteiger partial charge on any atom is 0.161 e. The highest BCUT2D eigenvalue weighted by Gasteiger charge is 2.57. The number of hydrogen-bond acceptors (Lipinski definition) is 4. The maximum absolute atomic E-state index is 10.7. The second kappa shape index (κ2) is 7.67. The van der Waals surface area contributed by atoms with Crippen molar-refractivity contribution >= 4 is 23.2 Å². The van der Waals surface area contributed by atoms with Gasteiger partial charge in [0.15, 0.2) is 23.0 Å². The third kappa shape index (κ3) is 3.52. The van der Waals surface area contributed by atoms with Gasteiger partial charge < -0.3 is 19.7 Å². The number of benzene rings is 2. The molecule has 2 aromatic rings. The van der Waals surface area contributed by atoms with Gasteiger partial charge in [0.05, 0.1) is 11.8 Å². The Bertz CT molecular complexity index is 932. The number of phenols is 2. The summed E-state index contributed by atoms with van der Waals surface area (Å²) < 4.78 is 11.4. The lowest BCUT2D eigenvalue weighted by Crippen LogP contribution is -2.26. The minimum atomic E-state index is -0.303. The van der Waals surface area contributed by atoms with Crippen LogP contribution in [-0.4, -0.2) is 35.2 Å². The van der Waals surface area contributed by atoms with Crippen molar-refractivity contribution in [2.24, 2.45) is 0 Å². The van der Waals surface area contributed by atoms with Crippen molar-refractivity contribution in [3.05, 3.63) is 46.5 Å². The van der Waals surface area contributed by atoms with E-state index in [2.05, 4.69) is 27.7 Å². The van der Waals surface area contributed by atoms with E-state index in [0.717, 1.165) is 24.0 Å². The van der Waals surface area contributed by atoms with Gasteiger partial charge in [0.1, 0.15) is 13.2 Å². The van der Waals surface area contributed by atoms with E-state index in [0.29, 0.717) is 36.5 Å². The summed E-state index contributed by atoms with van der Waals surface area (Å²) in [5.74, 6) is 1.90. The van der Waals surface area contributed by atoms with E-state index < -0.39 is 0 Å². The monoisotopic (exact) mass is 464 g/mol. The van der Waals surface area contributed by atoms with Crippen LogP contribution in [0.2, 0.25) is 0 Å². The number of phenolic OH excluding ortho intramolecular Hbond substituents is 2. The van der Waals surface area contributed by atoms with Crippen LogP contribution < -0.4 is 9.47 Å². The Morgan fingerprint density at radius 3 is 1.45 bits per heavy atom. The van der Waals surface area contributed by atoms with Crippen LogP contribution in [0.4, 0.5) is 0 Å². The third-order valence-corrected chi connectivity index (χ3v) is 7.15. The third-order valence-electron chi connectivity index (χ3n) is 6.84. The summed E-state index contributed by atoms with van der Waals surface area (Å²) in [5, 5.41) is 21.5. The summed E-state index contributed by atoms with van der Waals surface area (Å²) in [6.07, 6.45) is 1.76. The van der Waals surface area contributed by atoms with Crippen LogP contribution in [0.15, 0.2) is 24.3 Å². The highest BCUT2D eigenvalue weighted by Crippen LogP contribution is 2.64. The zero-order valence-electron chi connectivity index (χ0n) is 18.5. The largest absolute Gasteiger partial charge is 0.504 e. The molecule has 0 saturated carbocycles. The lowest BCUT2D eigenvalue weighted by atomic mass is 9.72. The highest BCUT2D eigenvalue weighted by atomic mass is 35.5. The summed E-state index contributed by atoms with van der Waals surface area (Å²) in [5.41, 5.74) is 4.00. The Morgan fingerprint density at radius 2 is 1.10 bits per heavy atom. The molecule has 0 bridgehead atoms. The molecule has 0 aromatic heterocycles. The van der Waals surface area contributed by atoms with Gasteiger partial charge in [0.25, 0.3) is 0 Å². The van der Waals surface area contributed by atoms with Crippen LogP contribution in [0.5, 0.6) is 23.0 Å². The minimum absolute atomic E-state index is 0.122. The van der Waals surface area contributed by atoms with Gasteiger partial charge in [-0.15, -0.1) is 23.2 Å². The Morgan fingerprint density at radius 1 is 0.710 bits per heavy atom. The van der Waals surface area contributed by atoms with Crippen molar-refractivity contribution in [1.82, 2.24) is 0 Å². The zero-order chi connectivity index (χ0) is 22.6. The fourth-order valence-electron chi connectivity index (χ4n) is 5.86. The lowest BCUT2D eigenvalue weighted by molar-refractivity contribution is 0.319. The van der Waals surface area contributed by atoms with E-state index in [1.165, 1.54) is 11.1 Å². The van der Waals surface area contributed by atoms with Gasteiger partial charge in [-0.05, 0) is 70.2 Å². The van der Waals surface area contributed by atoms with E-state index in [1.807, 2.05) is 24.3 Å². The fraction of sp³-hybridized carbons (Fsp3) is 0.520. The van der Waals surface area contributed by atoms with Crippen molar-refractivity contribution in [2.75, 3.05) is 25.0 Å². The molecule has 31 heavy (non-hydrogen) atoms. The maximum atomic E-state index is 10.7. The van der Waals surface area contributed by atoms with Gasteiger partial charge in [-0.1, -0.05) is 27.7 Å². The Balaban J connectivity index is 1.89. The second-order valence-corrected chi connectivity index (χ2v) is 10.8. The number of fused-ring (bicyclic) bond motifs is 4. The molecular weight excluding hydrogens is 435 g/mol. The molecule has 2 N–H and O–H groups in total. The highest BCUT2D eigenvalue weighted by molar-refractivity contribution is 6.18. The van der Waals surface area contributed by atoms with Gasteiger partial charge in [0, 0.05) is 5.41 Å². The van der Waals surface area contributed by atoms with E-state index in [9.17, 15) is 10.2 Å². The Hall–Kier alpha value is -1.78. The van der Waals surface area contributed by atoms with E-state index >= 15 is 0 Å². The lowest BCUT2D eigenvalue weighted by Gasteiger charge is -2.30. The molecular formula is C25H30Cl2O4. The average molecular weight is 465 g/mol. The van der Waals surface area contributed by atoms with Crippen LogP contribution in [-0.2, 0) is 16.2 Å². The van der Waals surface area contributed by atoms with E-state index in [1.54, 1.807) is 0 Å². The molecule has 2 aliphatic carbocycles. The van der Waals surface area contributed by atoms with Crippen LogP contribution in [0.3, 0.4) is 0 Å². The SMILES string of the molecule is CC1(C)CC2(CC(C)(C)c3cc(OCCCl)c(O)cc32)c2cc(O)c(OCCCl)cc21. The van der Waals surface area contributed by atoms with Crippen molar-refractivity contribution in [1.29, 1.82) is 0 Å². The summed E-state index contributed by atoms with van der Waals surface area (Å²) in [6.45, 7) is 9.59. The number of ether oxygens (including phenoxy) is 2. The average Bonchev–Trinajstić information content (AvgIpc) is 3.03. The van der Waals surface area contributed by atoms with Gasteiger partial charge in [0.2, 0.25) is 0 Å². The molecule has 0 fully saturated rings. The van der Waals surface area contributed by atoms with Crippen molar-refractivity contribution in [3.8, 4) is 23.0 Å². The molecule has 2 aliphatic rings. The molecule has 1 spiro atoms. The molecule has 168 valence electrons. The molecule has 0 amide bonds. The van der Waals surface area contributed by atoms with Crippen LogP contribution >= 0.6 is 23.2 Å². The molecule has 2 aromatic carbocycles. The first kappa shape index (κ1) is 22.4. The Kier molecular flexibility index (Phi) is 5.54. The summed E-state index contributed by atoms with van der Waals surface area (Å²) in [7, 11) is 0. The minimum Gasteiger partial charge on any atom is -0.504 e. The van der Waals surface area contributed by atoms with E-state index in [4.69, 9.17) is 32.7 Å². The first-order valence-corrected chi connectivity index (χ1v) is 11.8. The molecule has 0 aliphatic heterocycles. The predicted molar refractivity (Wildman–Crippen MR) is 125 cm³/mol. The second-order valence-electron chi connectivity index (χ2n) is 10.0. The van der Waals surface area contributed by atoms with Crippen LogP contribution in [0.1, 0.15) is 62.8 Å². The molecule has 0 saturated heterocycles. The number of rotatable bonds is 6. The molecule has 4 rings (SSSR count). The quantitative estimate of drug-likeness (QED) is 0.516. The fourth-order valence-corrected chi connectivity index (χ4v) is 6.02. The molecule has 6 heteroatoms. The first-order chi connectivity index (χ1) is 14.6. The smallest absolute Gasteiger partial charge is 0.161 e. The van der Waals surface area contributed by atoms with Gasteiger partial charge in [-0.25, -0.2) is 0 Å². The summed E-state index contributed by atoms with van der Waals surface area (Å²) >= 11 is 11.5. The zero-order valence-corrected chi connectivity index (χ0v) is 20.0. The molecule has 4 nitrogen and oxygen atoms in total. The first-order valence-electron chi connectivity index (χ1n) is 10.7. The number of alkyl halides is 2. The normalized spacial score (nSPS) is 19.3. The van der Waals surface area contributed by atoms with Gasteiger partial charge in [-0.2, -0.15) is 0 Å². The topological polar surface area (TPSA) is 58.9 Å². The van der Waals surface area contributed by atoms with Crippen LogP contribution in [0, 0.1) is 0 Å². The molecule has 0 heterocycles. The van der Waals surface area contributed by atoms with E-state index in [-0.39, 0.29) is 27.7 Å². The van der Waals surface area contributed by atoms with Gasteiger partial charge >= 0.3 is 0 Å². The molecule has 0 atom stereocenters. The molecule has 0 unspecified atom stereocenters. The van der Waals surface area contributed by atoms with Gasteiger partial charge in [-0.3, -0.25) is 0 Å². The number of halogens is 2. The number of aromatic hydroxyl groups is 2. The Labute approximate surface area is 194 Å².